The summed E-state index contributed by atoms with van der Waals surface area (Å²) in [6, 6.07) is 1.09. The maximum absolute atomic E-state index is 12.2. The van der Waals surface area contributed by atoms with Crippen molar-refractivity contribution in [2.24, 2.45) is 0 Å². The fourth-order valence-corrected chi connectivity index (χ4v) is 2.70. The van der Waals surface area contributed by atoms with E-state index >= 15 is 0 Å². The Balaban J connectivity index is 1.57. The van der Waals surface area contributed by atoms with Gasteiger partial charge in [-0.2, -0.15) is 0 Å². The molecule has 3 rings (SSSR count). The van der Waals surface area contributed by atoms with Crippen LogP contribution in [0, 0.1) is 0 Å². The van der Waals surface area contributed by atoms with Crippen LogP contribution in [0.15, 0.2) is 6.20 Å². The van der Waals surface area contributed by atoms with Crippen LogP contribution in [0.2, 0.25) is 0 Å². The third-order valence-corrected chi connectivity index (χ3v) is 4.42. The third kappa shape index (κ3) is 2.69. The largest absolute Gasteiger partial charge is 0.348 e. The molecule has 0 bridgehead atoms. The van der Waals surface area contributed by atoms with Crippen LogP contribution in [-0.2, 0) is 0 Å². The lowest BCUT2D eigenvalue weighted by Crippen LogP contribution is -2.47. The van der Waals surface area contributed by atoms with Crippen molar-refractivity contribution in [3.8, 4) is 0 Å². The van der Waals surface area contributed by atoms with Gasteiger partial charge >= 0.3 is 0 Å². The zero-order chi connectivity index (χ0) is 14.1. The van der Waals surface area contributed by atoms with Crippen LogP contribution in [0.1, 0.15) is 36.3 Å². The zero-order valence-corrected chi connectivity index (χ0v) is 12.0. The van der Waals surface area contributed by atoms with Crippen LogP contribution in [0.3, 0.4) is 0 Å². The highest BCUT2D eigenvalue weighted by Gasteiger charge is 2.26. The molecule has 2 fully saturated rings. The number of aromatic nitrogens is 3. The van der Waals surface area contributed by atoms with E-state index in [9.17, 15) is 4.79 Å². The Morgan fingerprint density at radius 2 is 2.30 bits per heavy atom. The van der Waals surface area contributed by atoms with E-state index in [4.69, 9.17) is 0 Å². The van der Waals surface area contributed by atoms with Gasteiger partial charge < -0.3 is 15.5 Å². The highest BCUT2D eigenvalue weighted by atomic mass is 16.2. The molecule has 0 aliphatic carbocycles. The van der Waals surface area contributed by atoms with Crippen LogP contribution >= 0.6 is 0 Å². The van der Waals surface area contributed by atoms with Gasteiger partial charge in [0.2, 0.25) is 0 Å². The number of nitrogens with one attached hydrogen (secondary N) is 2. The van der Waals surface area contributed by atoms with Gasteiger partial charge in [-0.1, -0.05) is 5.21 Å². The van der Waals surface area contributed by atoms with E-state index in [2.05, 4.69) is 39.8 Å². The fraction of sp³-hybridized carbons (Fsp3) is 0.769. The van der Waals surface area contributed by atoms with Crippen molar-refractivity contribution >= 4 is 5.91 Å². The molecule has 110 valence electrons. The van der Waals surface area contributed by atoms with Crippen molar-refractivity contribution in [1.29, 1.82) is 0 Å². The Hall–Kier alpha value is -1.47. The Bertz CT molecular complexity index is 483. The second kappa shape index (κ2) is 5.49. The summed E-state index contributed by atoms with van der Waals surface area (Å²) in [5.41, 5.74) is 0.420. The summed E-state index contributed by atoms with van der Waals surface area (Å²) in [4.78, 5) is 14.5. The van der Waals surface area contributed by atoms with Crippen molar-refractivity contribution in [3.05, 3.63) is 11.9 Å². The summed E-state index contributed by atoms with van der Waals surface area (Å²) >= 11 is 0. The Morgan fingerprint density at radius 3 is 2.95 bits per heavy atom. The van der Waals surface area contributed by atoms with E-state index < -0.39 is 0 Å². The molecule has 7 nitrogen and oxygen atoms in total. The smallest absolute Gasteiger partial charge is 0.273 e. The van der Waals surface area contributed by atoms with Crippen molar-refractivity contribution in [1.82, 2.24) is 30.5 Å². The molecule has 0 saturated carbocycles. The number of piperidine rings is 1. The molecule has 1 aromatic heterocycles. The Morgan fingerprint density at radius 1 is 1.50 bits per heavy atom. The predicted molar refractivity (Wildman–Crippen MR) is 74.5 cm³/mol. The molecule has 3 heterocycles. The molecule has 0 aromatic carbocycles. The van der Waals surface area contributed by atoms with Crippen LogP contribution in [0.5, 0.6) is 0 Å². The average Bonchev–Trinajstić information content (AvgIpc) is 2.81. The van der Waals surface area contributed by atoms with Crippen molar-refractivity contribution < 1.29 is 4.79 Å². The summed E-state index contributed by atoms with van der Waals surface area (Å²) in [5, 5.41) is 14.3. The van der Waals surface area contributed by atoms with Crippen LogP contribution in [0.25, 0.3) is 0 Å². The molecule has 2 aliphatic heterocycles. The van der Waals surface area contributed by atoms with Gasteiger partial charge in [0.1, 0.15) is 0 Å². The first-order valence-electron chi connectivity index (χ1n) is 7.27. The molecule has 7 heteroatoms. The minimum absolute atomic E-state index is 0.106. The lowest BCUT2D eigenvalue weighted by atomic mass is 9.99. The number of likely N-dealkylation sites (tertiary alicyclic amines) is 1. The number of amides is 1. The quantitative estimate of drug-likeness (QED) is 0.789. The van der Waals surface area contributed by atoms with E-state index in [1.807, 2.05) is 0 Å². The fourth-order valence-electron chi connectivity index (χ4n) is 2.70. The molecule has 2 aliphatic rings. The van der Waals surface area contributed by atoms with Crippen molar-refractivity contribution in [3.63, 3.8) is 0 Å². The van der Waals surface area contributed by atoms with Crippen LogP contribution in [0.4, 0.5) is 0 Å². The molecule has 2 unspecified atom stereocenters. The number of carbonyl (C=O) groups excluding carboxylic acids is 1. The molecule has 2 saturated heterocycles. The first-order valence-corrected chi connectivity index (χ1v) is 7.27. The maximum atomic E-state index is 12.2. The summed E-state index contributed by atoms with van der Waals surface area (Å²) < 4.78 is 1.78. The number of carbonyl (C=O) groups is 1. The molecular weight excluding hydrogens is 256 g/mol. The number of nitrogens with zero attached hydrogens (tertiary/aromatic N) is 4. The average molecular weight is 278 g/mol. The first kappa shape index (κ1) is 13.5. The summed E-state index contributed by atoms with van der Waals surface area (Å²) in [7, 11) is 2.13. The monoisotopic (exact) mass is 278 g/mol. The van der Waals surface area contributed by atoms with Gasteiger partial charge in [0, 0.05) is 31.7 Å². The predicted octanol–water partition coefficient (Wildman–Crippen LogP) is -0.365. The third-order valence-electron chi connectivity index (χ3n) is 4.42. The molecule has 2 atom stereocenters. The topological polar surface area (TPSA) is 75.1 Å². The summed E-state index contributed by atoms with van der Waals surface area (Å²) in [6.45, 7) is 5.01. The Kier molecular flexibility index (Phi) is 3.71. The normalized spacial score (nSPS) is 28.1. The molecule has 2 N–H and O–H groups in total. The highest BCUT2D eigenvalue weighted by Crippen LogP contribution is 2.16. The van der Waals surface area contributed by atoms with Crippen molar-refractivity contribution in [2.45, 2.75) is 37.9 Å². The summed E-state index contributed by atoms with van der Waals surface area (Å²) in [6.07, 6.45) is 3.73. The second-order valence-electron chi connectivity index (χ2n) is 5.92. The number of hydrogen-bond donors (Lipinski definition) is 2. The van der Waals surface area contributed by atoms with Crippen molar-refractivity contribution in [2.75, 3.05) is 26.7 Å². The molecule has 1 amide bonds. The number of hydrogen-bond acceptors (Lipinski definition) is 5. The van der Waals surface area contributed by atoms with Gasteiger partial charge in [-0.25, -0.2) is 4.68 Å². The SMILES string of the molecule is CC1CC(NC(=O)c2cn(C3CNC3)nn2)CCN1C. The van der Waals surface area contributed by atoms with E-state index in [0.717, 1.165) is 32.5 Å². The van der Waals surface area contributed by atoms with Gasteiger partial charge in [0.05, 0.1) is 12.2 Å². The molecule has 1 aromatic rings. The lowest BCUT2D eigenvalue weighted by molar-refractivity contribution is 0.0891. The molecule has 0 spiro atoms. The maximum Gasteiger partial charge on any atom is 0.273 e. The van der Waals surface area contributed by atoms with Gasteiger partial charge in [-0.15, -0.1) is 5.10 Å². The van der Waals surface area contributed by atoms with Gasteiger partial charge in [-0.05, 0) is 26.8 Å². The van der Waals surface area contributed by atoms with Gasteiger partial charge in [0.15, 0.2) is 5.69 Å². The van der Waals surface area contributed by atoms with E-state index in [1.54, 1.807) is 10.9 Å². The lowest BCUT2D eigenvalue weighted by Gasteiger charge is -2.35. The minimum Gasteiger partial charge on any atom is -0.348 e. The molecular formula is C13H22N6O. The Labute approximate surface area is 118 Å². The van der Waals surface area contributed by atoms with Crippen LogP contribution in [-0.4, -0.2) is 64.6 Å². The second-order valence-corrected chi connectivity index (χ2v) is 5.92. The molecule has 0 radical (unpaired) electrons. The van der Waals surface area contributed by atoms with Gasteiger partial charge in [-0.3, -0.25) is 4.79 Å². The van der Waals surface area contributed by atoms with E-state index in [-0.39, 0.29) is 11.9 Å². The standard InChI is InChI=1S/C13H22N6O/c1-9-5-10(3-4-18(9)2)15-13(20)12-8-19(17-16-12)11-6-14-7-11/h8-11,14H,3-7H2,1-2H3,(H,15,20). The minimum atomic E-state index is -0.106. The number of rotatable bonds is 3. The summed E-state index contributed by atoms with van der Waals surface area (Å²) in [5.74, 6) is -0.106. The highest BCUT2D eigenvalue weighted by molar-refractivity contribution is 5.92. The molecule has 20 heavy (non-hydrogen) atoms. The zero-order valence-electron chi connectivity index (χ0n) is 12.0. The van der Waals surface area contributed by atoms with E-state index in [0.29, 0.717) is 17.8 Å². The van der Waals surface area contributed by atoms with Gasteiger partial charge in [0.25, 0.3) is 5.91 Å². The van der Waals surface area contributed by atoms with Crippen LogP contribution < -0.4 is 10.6 Å². The first-order chi connectivity index (χ1) is 9.63. The van der Waals surface area contributed by atoms with E-state index in [1.165, 1.54) is 0 Å².